The molecule has 1 N–H and O–H groups in total. The Bertz CT molecular complexity index is 1180. The first-order chi connectivity index (χ1) is 14.9. The summed E-state index contributed by atoms with van der Waals surface area (Å²) in [5.41, 5.74) is 1.60. The maximum absolute atomic E-state index is 13.4. The van der Waals surface area contributed by atoms with E-state index in [1.165, 1.54) is 6.07 Å². The number of fused-ring (bicyclic) bond motifs is 1. The molecule has 1 atom stereocenters. The molecule has 1 aliphatic rings. The van der Waals surface area contributed by atoms with Gasteiger partial charge in [-0.3, -0.25) is 0 Å². The summed E-state index contributed by atoms with van der Waals surface area (Å²) in [6, 6.07) is 6.91. The molecule has 9 heteroatoms. The van der Waals surface area contributed by atoms with Crippen LogP contribution in [0.5, 0.6) is 0 Å². The van der Waals surface area contributed by atoms with E-state index in [1.807, 2.05) is 12.3 Å². The Kier molecular flexibility index (Phi) is 6.48. The summed E-state index contributed by atoms with van der Waals surface area (Å²) in [4.78, 5) is 14.2. The molecule has 6 nitrogen and oxygen atoms in total. The molecule has 1 aliphatic carbocycles. The lowest BCUT2D eigenvalue weighted by Gasteiger charge is -2.35. The van der Waals surface area contributed by atoms with Crippen LogP contribution in [0.4, 0.5) is 10.2 Å². The summed E-state index contributed by atoms with van der Waals surface area (Å²) in [5, 5.41) is 1.08. The second-order valence-corrected chi connectivity index (χ2v) is 11.2. The van der Waals surface area contributed by atoms with Crippen LogP contribution in [0, 0.1) is 11.7 Å². The van der Waals surface area contributed by atoms with E-state index in [0.717, 1.165) is 48.1 Å². The van der Waals surface area contributed by atoms with Gasteiger partial charge in [-0.25, -0.2) is 22.9 Å². The molecule has 1 aromatic carbocycles. The van der Waals surface area contributed by atoms with Crippen LogP contribution < -0.4 is 4.90 Å². The van der Waals surface area contributed by atoms with Crippen molar-refractivity contribution in [2.24, 2.45) is 10.3 Å². The number of aromatic amines is 1. The van der Waals surface area contributed by atoms with E-state index in [0.29, 0.717) is 23.5 Å². The number of nitrogens with zero attached hydrogens (tertiary/aromatic N) is 4. The maximum atomic E-state index is 13.4. The standard InChI is InChI=1S/C22H27ClFN5OS/c1-25-31(30,13-16-5-8-20(24)19(23)11-16)12-15-3-6-17(7-4-15)29(2)22-18-9-10-26-21(18)27-14-28-22/h5,8-11,14-15,17H,3-4,6-7,12-13H2,1-2H3,(H,26,27,28). The fraction of sp³-hybridized carbons (Fsp3) is 0.455. The lowest BCUT2D eigenvalue weighted by atomic mass is 9.86. The van der Waals surface area contributed by atoms with E-state index >= 15 is 0 Å². The zero-order valence-corrected chi connectivity index (χ0v) is 19.3. The number of aromatic nitrogens is 3. The van der Waals surface area contributed by atoms with Crippen LogP contribution in [0.1, 0.15) is 31.2 Å². The molecule has 1 saturated carbocycles. The third-order valence-electron chi connectivity index (χ3n) is 6.24. The summed E-state index contributed by atoms with van der Waals surface area (Å²) in [6.07, 6.45) is 7.49. The summed E-state index contributed by atoms with van der Waals surface area (Å²) in [5.74, 6) is 1.69. The monoisotopic (exact) mass is 463 g/mol. The molecule has 0 saturated heterocycles. The maximum Gasteiger partial charge on any atom is 0.142 e. The predicted molar refractivity (Wildman–Crippen MR) is 125 cm³/mol. The van der Waals surface area contributed by atoms with Crippen molar-refractivity contribution in [3.05, 3.63) is 53.2 Å². The van der Waals surface area contributed by atoms with Crippen LogP contribution in [0.25, 0.3) is 11.0 Å². The average Bonchev–Trinajstić information content (AvgIpc) is 3.25. The normalized spacial score (nSPS) is 21.0. The van der Waals surface area contributed by atoms with E-state index in [2.05, 4.69) is 31.3 Å². The topological polar surface area (TPSA) is 74.2 Å². The van der Waals surface area contributed by atoms with Crippen molar-refractivity contribution in [1.82, 2.24) is 15.0 Å². The molecule has 0 aliphatic heterocycles. The van der Waals surface area contributed by atoms with Gasteiger partial charge in [0, 0.05) is 32.1 Å². The number of halogens is 2. The van der Waals surface area contributed by atoms with Crippen molar-refractivity contribution in [1.29, 1.82) is 0 Å². The van der Waals surface area contributed by atoms with E-state index in [9.17, 15) is 8.60 Å². The largest absolute Gasteiger partial charge is 0.356 e. The summed E-state index contributed by atoms with van der Waals surface area (Å²) in [7, 11) is 1.29. The van der Waals surface area contributed by atoms with Crippen molar-refractivity contribution in [3.63, 3.8) is 0 Å². The molecule has 3 aromatic rings. The van der Waals surface area contributed by atoms with Crippen LogP contribution in [-0.2, 0) is 15.5 Å². The van der Waals surface area contributed by atoms with Crippen molar-refractivity contribution >= 4 is 38.2 Å². The molecule has 2 aromatic heterocycles. The molecular weight excluding hydrogens is 437 g/mol. The predicted octanol–water partition coefficient (Wildman–Crippen LogP) is 5.04. The van der Waals surface area contributed by atoms with E-state index in [4.69, 9.17) is 11.6 Å². The SMILES string of the molecule is CN=S(=O)(Cc1ccc(F)c(Cl)c1)CC1CCC(N(C)c2ncnc3[nH]ccc23)CC1. The minimum absolute atomic E-state index is 0.0557. The quantitative estimate of drug-likeness (QED) is 0.555. The van der Waals surface area contributed by atoms with Crippen LogP contribution >= 0.6 is 11.6 Å². The second kappa shape index (κ2) is 9.12. The zero-order chi connectivity index (χ0) is 22.0. The Morgan fingerprint density at radius 2 is 2.03 bits per heavy atom. The van der Waals surface area contributed by atoms with Crippen LogP contribution in [0.3, 0.4) is 0 Å². The molecule has 0 amide bonds. The zero-order valence-electron chi connectivity index (χ0n) is 17.7. The first-order valence-corrected chi connectivity index (χ1v) is 12.7. The van der Waals surface area contributed by atoms with Gasteiger partial charge in [0.25, 0.3) is 0 Å². The number of hydrogen-bond donors (Lipinski definition) is 1. The van der Waals surface area contributed by atoms with Gasteiger partial charge in [0.1, 0.15) is 23.6 Å². The molecule has 0 spiro atoms. The molecule has 1 fully saturated rings. The fourth-order valence-electron chi connectivity index (χ4n) is 4.47. The van der Waals surface area contributed by atoms with Gasteiger partial charge in [0.15, 0.2) is 0 Å². The van der Waals surface area contributed by atoms with Crippen molar-refractivity contribution in [2.75, 3.05) is 24.7 Å². The Hall–Kier alpha value is -2.19. The molecule has 4 rings (SSSR count). The smallest absolute Gasteiger partial charge is 0.142 e. The van der Waals surface area contributed by atoms with Crippen molar-refractivity contribution in [3.8, 4) is 0 Å². The number of rotatable bonds is 6. The third kappa shape index (κ3) is 4.85. The number of nitrogens with one attached hydrogen (secondary N) is 1. The Labute approximate surface area is 187 Å². The molecule has 1 unspecified atom stereocenters. The van der Waals surface area contributed by atoms with Gasteiger partial charge >= 0.3 is 0 Å². The van der Waals surface area contributed by atoms with Gasteiger partial charge < -0.3 is 9.88 Å². The summed E-state index contributed by atoms with van der Waals surface area (Å²) < 4.78 is 31.1. The third-order valence-corrected chi connectivity index (χ3v) is 8.97. The number of hydrogen-bond acceptors (Lipinski definition) is 5. The molecule has 31 heavy (non-hydrogen) atoms. The Balaban J connectivity index is 1.39. The van der Waals surface area contributed by atoms with Crippen LogP contribution in [0.2, 0.25) is 5.02 Å². The molecule has 0 radical (unpaired) electrons. The molecular formula is C22H27ClFN5OS. The second-order valence-electron chi connectivity index (χ2n) is 8.24. The minimum Gasteiger partial charge on any atom is -0.356 e. The molecule has 0 bridgehead atoms. The Morgan fingerprint density at radius 3 is 2.74 bits per heavy atom. The lowest BCUT2D eigenvalue weighted by molar-refractivity contribution is 0.342. The summed E-state index contributed by atoms with van der Waals surface area (Å²) >= 11 is 5.89. The van der Waals surface area contributed by atoms with Crippen LogP contribution in [0.15, 0.2) is 41.2 Å². The highest BCUT2D eigenvalue weighted by molar-refractivity contribution is 7.92. The van der Waals surface area contributed by atoms with Crippen molar-refractivity contribution < 1.29 is 8.60 Å². The van der Waals surface area contributed by atoms with Gasteiger partial charge in [-0.15, -0.1) is 0 Å². The fourth-order valence-corrected chi connectivity index (χ4v) is 6.84. The average molecular weight is 464 g/mol. The molecule has 166 valence electrons. The molecule has 2 heterocycles. The van der Waals surface area contributed by atoms with E-state index in [1.54, 1.807) is 25.5 Å². The van der Waals surface area contributed by atoms with Gasteiger partial charge in [-0.05, 0) is 55.4 Å². The first kappa shape index (κ1) is 22.0. The lowest BCUT2D eigenvalue weighted by Crippen LogP contribution is -2.37. The number of benzene rings is 1. The highest BCUT2D eigenvalue weighted by Gasteiger charge is 2.28. The number of anilines is 1. The highest BCUT2D eigenvalue weighted by atomic mass is 35.5. The van der Waals surface area contributed by atoms with Gasteiger partial charge in [-0.1, -0.05) is 17.7 Å². The minimum atomic E-state index is -2.41. The van der Waals surface area contributed by atoms with E-state index < -0.39 is 15.5 Å². The van der Waals surface area contributed by atoms with E-state index in [-0.39, 0.29) is 5.02 Å². The van der Waals surface area contributed by atoms with Crippen LogP contribution in [-0.4, -0.2) is 45.1 Å². The first-order valence-electron chi connectivity index (χ1n) is 10.4. The van der Waals surface area contributed by atoms with Gasteiger partial charge in [0.2, 0.25) is 0 Å². The Morgan fingerprint density at radius 1 is 1.26 bits per heavy atom. The van der Waals surface area contributed by atoms with Crippen molar-refractivity contribution in [2.45, 2.75) is 37.5 Å². The number of H-pyrrole nitrogens is 1. The highest BCUT2D eigenvalue weighted by Crippen LogP contribution is 2.33. The van der Waals surface area contributed by atoms with Gasteiger partial charge in [0.05, 0.1) is 25.9 Å². The summed E-state index contributed by atoms with van der Waals surface area (Å²) in [6.45, 7) is 0. The van der Waals surface area contributed by atoms with Gasteiger partial charge in [-0.2, -0.15) is 0 Å².